The summed E-state index contributed by atoms with van der Waals surface area (Å²) in [6.07, 6.45) is 1.81. The largest absolute Gasteiger partial charge is 0.485 e. The van der Waals surface area contributed by atoms with Crippen molar-refractivity contribution in [2.24, 2.45) is 5.41 Å². The second kappa shape index (κ2) is 8.46. The molecule has 0 N–H and O–H groups in total. The number of nitrogens with zero attached hydrogens (tertiary/aromatic N) is 2. The van der Waals surface area contributed by atoms with Crippen LogP contribution in [-0.2, 0) is 11.3 Å². The average molecular weight is 383 g/mol. The summed E-state index contributed by atoms with van der Waals surface area (Å²) in [5.74, 6) is 0.562. The van der Waals surface area contributed by atoms with Gasteiger partial charge in [0.25, 0.3) is 0 Å². The molecule has 1 heterocycles. The van der Waals surface area contributed by atoms with Crippen molar-refractivity contribution < 1.29 is 14.3 Å². The Kier molecular flexibility index (Phi) is 6.49. The van der Waals surface area contributed by atoms with Crippen molar-refractivity contribution in [3.63, 3.8) is 0 Å². The van der Waals surface area contributed by atoms with Gasteiger partial charge in [-0.2, -0.15) is 0 Å². The van der Waals surface area contributed by atoms with Gasteiger partial charge in [-0.05, 0) is 44.2 Å². The molecule has 0 saturated carbocycles. The van der Waals surface area contributed by atoms with E-state index in [0.717, 1.165) is 17.1 Å². The molecule has 0 aliphatic carbocycles. The normalized spacial score (nSPS) is 11.2. The van der Waals surface area contributed by atoms with Gasteiger partial charge in [-0.15, -0.1) is 6.58 Å². The van der Waals surface area contributed by atoms with Crippen molar-refractivity contribution in [1.29, 1.82) is 0 Å². The molecule has 0 atom stereocenters. The third-order valence-electron chi connectivity index (χ3n) is 4.73. The molecule has 0 saturated heterocycles. The number of Topliss-reactive ketones (excluding diaryl/α,β-unsaturated/α-hetero) is 1. The average Bonchev–Trinajstić information content (AvgIpc) is 2.93. The number of allylic oxidation sites excluding steroid dienone is 1. The molecule has 150 valence electrons. The van der Waals surface area contributed by atoms with Gasteiger partial charge >= 0.3 is 0 Å². The molecule has 0 aliphatic heterocycles. The van der Waals surface area contributed by atoms with E-state index in [1.54, 1.807) is 24.1 Å². The summed E-state index contributed by atoms with van der Waals surface area (Å²) in [5.41, 5.74) is 2.95. The van der Waals surface area contributed by atoms with E-state index >= 15 is 0 Å². The topological polar surface area (TPSA) is 51.5 Å². The van der Waals surface area contributed by atoms with Crippen molar-refractivity contribution in [2.45, 2.75) is 41.2 Å². The number of anilines is 1. The number of aromatic nitrogens is 1. The number of ketones is 1. The zero-order valence-corrected chi connectivity index (χ0v) is 17.7. The number of ether oxygens (including phenoxy) is 1. The van der Waals surface area contributed by atoms with E-state index in [0.29, 0.717) is 17.9 Å². The number of rotatable bonds is 7. The minimum atomic E-state index is -0.450. The van der Waals surface area contributed by atoms with Gasteiger partial charge in [-0.1, -0.05) is 26.8 Å². The highest BCUT2D eigenvalue weighted by Crippen LogP contribution is 2.24. The smallest absolute Gasteiger partial charge is 0.232 e. The van der Waals surface area contributed by atoms with E-state index in [1.165, 1.54) is 0 Å². The van der Waals surface area contributed by atoms with Gasteiger partial charge < -0.3 is 14.2 Å². The number of hydrogen-bond donors (Lipinski definition) is 0. The van der Waals surface area contributed by atoms with Gasteiger partial charge in [0.15, 0.2) is 6.61 Å². The monoisotopic (exact) mass is 382 g/mol. The first-order chi connectivity index (χ1) is 13.1. The van der Waals surface area contributed by atoms with E-state index in [1.807, 2.05) is 58.9 Å². The lowest BCUT2D eigenvalue weighted by Gasteiger charge is -2.26. The molecular formula is C23H30N2O3. The Morgan fingerprint density at radius 3 is 2.32 bits per heavy atom. The minimum absolute atomic E-state index is 0.0332. The first-order valence-electron chi connectivity index (χ1n) is 9.38. The zero-order valence-electron chi connectivity index (χ0n) is 17.7. The second-order valence-corrected chi connectivity index (χ2v) is 8.00. The lowest BCUT2D eigenvalue weighted by atomic mass is 9.95. The van der Waals surface area contributed by atoms with Crippen molar-refractivity contribution in [1.82, 2.24) is 4.57 Å². The molecule has 1 aromatic carbocycles. The Morgan fingerprint density at radius 2 is 1.79 bits per heavy atom. The molecule has 2 aromatic rings. The number of aryl methyl sites for hydroxylation is 1. The van der Waals surface area contributed by atoms with E-state index in [9.17, 15) is 9.59 Å². The Hall–Kier alpha value is -2.82. The molecule has 5 nitrogen and oxygen atoms in total. The van der Waals surface area contributed by atoms with Crippen LogP contribution < -0.4 is 9.64 Å². The van der Waals surface area contributed by atoms with Crippen LogP contribution >= 0.6 is 0 Å². The van der Waals surface area contributed by atoms with Gasteiger partial charge in [-0.3, -0.25) is 9.59 Å². The fourth-order valence-electron chi connectivity index (χ4n) is 3.11. The number of hydrogen-bond acceptors (Lipinski definition) is 3. The molecule has 0 fully saturated rings. The minimum Gasteiger partial charge on any atom is -0.485 e. The summed E-state index contributed by atoms with van der Waals surface area (Å²) in [4.78, 5) is 26.6. The summed E-state index contributed by atoms with van der Waals surface area (Å²) in [6.45, 7) is 14.0. The maximum atomic E-state index is 12.6. The van der Waals surface area contributed by atoms with Crippen LogP contribution in [-0.4, -0.2) is 29.9 Å². The summed E-state index contributed by atoms with van der Waals surface area (Å²) >= 11 is 0. The van der Waals surface area contributed by atoms with Crippen LogP contribution in [0.4, 0.5) is 5.69 Å². The number of amides is 1. The number of carbonyl (C=O) groups excluding carboxylic acids is 2. The molecule has 1 amide bonds. The molecular weight excluding hydrogens is 352 g/mol. The third-order valence-corrected chi connectivity index (χ3v) is 4.73. The second-order valence-electron chi connectivity index (χ2n) is 8.00. The van der Waals surface area contributed by atoms with Crippen LogP contribution in [0.2, 0.25) is 0 Å². The lowest BCUT2D eigenvalue weighted by molar-refractivity contribution is -0.125. The first-order valence-corrected chi connectivity index (χ1v) is 9.38. The molecule has 0 spiro atoms. The molecule has 0 aliphatic rings. The van der Waals surface area contributed by atoms with Crippen LogP contribution in [0.25, 0.3) is 0 Å². The molecule has 0 unspecified atom stereocenters. The van der Waals surface area contributed by atoms with Crippen molar-refractivity contribution in [3.8, 4) is 5.75 Å². The zero-order chi connectivity index (χ0) is 21.1. The summed E-state index contributed by atoms with van der Waals surface area (Å²) in [7, 11) is 1.76. The summed E-state index contributed by atoms with van der Waals surface area (Å²) in [5, 5.41) is 0. The standard InChI is InChI=1S/C23H30N2O3/c1-8-13-25-16(2)14-20(17(25)3)21(26)15-28-19-11-9-18(10-12-19)24(7)22(27)23(4,5)6/h8-12,14H,1,13,15H2,2-7H3. The van der Waals surface area contributed by atoms with Crippen molar-refractivity contribution in [3.05, 3.63) is 59.9 Å². The van der Waals surface area contributed by atoms with Crippen LogP contribution in [0.15, 0.2) is 43.0 Å². The van der Waals surface area contributed by atoms with Crippen LogP contribution in [0, 0.1) is 19.3 Å². The van der Waals surface area contributed by atoms with Gasteiger partial charge in [0.1, 0.15) is 5.75 Å². The number of benzene rings is 1. The Balaban J connectivity index is 2.04. The van der Waals surface area contributed by atoms with Gasteiger partial charge in [0.05, 0.1) is 0 Å². The highest BCUT2D eigenvalue weighted by atomic mass is 16.5. The molecule has 2 rings (SSSR count). The maximum absolute atomic E-state index is 12.6. The number of carbonyl (C=O) groups is 2. The third kappa shape index (κ3) is 4.71. The molecule has 5 heteroatoms. The first kappa shape index (κ1) is 21.5. The van der Waals surface area contributed by atoms with Crippen molar-refractivity contribution >= 4 is 17.4 Å². The quantitative estimate of drug-likeness (QED) is 0.521. The molecule has 1 aromatic heterocycles. The fraction of sp³-hybridized carbons (Fsp3) is 0.391. The predicted molar refractivity (Wildman–Crippen MR) is 113 cm³/mol. The molecule has 0 bridgehead atoms. The van der Waals surface area contributed by atoms with E-state index in [2.05, 4.69) is 11.1 Å². The summed E-state index contributed by atoms with van der Waals surface area (Å²) in [6, 6.07) is 9.07. The lowest BCUT2D eigenvalue weighted by Crippen LogP contribution is -2.36. The van der Waals surface area contributed by atoms with Gasteiger partial charge in [-0.25, -0.2) is 0 Å². The maximum Gasteiger partial charge on any atom is 0.232 e. The predicted octanol–water partition coefficient (Wildman–Crippen LogP) is 4.56. The van der Waals surface area contributed by atoms with Crippen LogP contribution in [0.5, 0.6) is 5.75 Å². The highest BCUT2D eigenvalue weighted by Gasteiger charge is 2.25. The summed E-state index contributed by atoms with van der Waals surface area (Å²) < 4.78 is 7.72. The van der Waals surface area contributed by atoms with Crippen LogP contribution in [0.3, 0.4) is 0 Å². The van der Waals surface area contributed by atoms with E-state index in [-0.39, 0.29) is 18.3 Å². The SMILES string of the molecule is C=CCn1c(C)cc(C(=O)COc2ccc(N(C)C(=O)C(C)(C)C)cc2)c1C. The Bertz CT molecular complexity index is 870. The Labute approximate surface area is 167 Å². The highest BCUT2D eigenvalue weighted by molar-refractivity contribution is 5.98. The van der Waals surface area contributed by atoms with Gasteiger partial charge in [0, 0.05) is 41.6 Å². The molecule has 28 heavy (non-hydrogen) atoms. The van der Waals surface area contributed by atoms with Gasteiger partial charge in [0.2, 0.25) is 11.7 Å². The van der Waals surface area contributed by atoms with Crippen molar-refractivity contribution in [2.75, 3.05) is 18.6 Å². The Morgan fingerprint density at radius 1 is 1.18 bits per heavy atom. The fourth-order valence-corrected chi connectivity index (χ4v) is 3.11. The molecule has 0 radical (unpaired) electrons. The van der Waals surface area contributed by atoms with E-state index in [4.69, 9.17) is 4.74 Å². The van der Waals surface area contributed by atoms with Crippen LogP contribution in [0.1, 0.15) is 42.5 Å². The van der Waals surface area contributed by atoms with E-state index < -0.39 is 5.41 Å².